The molecular weight excluding hydrogens is 486 g/mol. The number of sulfonamides is 1. The molecule has 0 N–H and O–H groups in total. The summed E-state index contributed by atoms with van der Waals surface area (Å²) in [7, 11) is -5.94. The lowest BCUT2D eigenvalue weighted by Crippen LogP contribution is -2.45. The van der Waals surface area contributed by atoms with Gasteiger partial charge in [0.1, 0.15) is 12.1 Å². The van der Waals surface area contributed by atoms with Crippen LogP contribution < -0.4 is 0 Å². The Morgan fingerprint density at radius 3 is 1.88 bits per heavy atom. The van der Waals surface area contributed by atoms with E-state index in [-0.39, 0.29) is 57.1 Å². The lowest BCUT2D eigenvalue weighted by Gasteiger charge is -2.27. The molecule has 1 unspecified atom stereocenters. The summed E-state index contributed by atoms with van der Waals surface area (Å²) in [6, 6.07) is 7.22. The molecule has 13 heteroatoms. The molecule has 34 heavy (non-hydrogen) atoms. The topological polar surface area (TPSA) is 156 Å². The molecule has 0 spiro atoms. The third-order valence-corrected chi connectivity index (χ3v) is 10.3. The molecule has 0 saturated carbocycles. The lowest BCUT2D eigenvalue weighted by atomic mass is 10.1. The third kappa shape index (κ3) is 7.99. The van der Waals surface area contributed by atoms with Crippen molar-refractivity contribution in [1.82, 2.24) is 4.31 Å². The molecule has 1 aromatic carbocycles. The SMILES string of the molecule is CCC(S(=O)(=O)c1cccc(C#N)c1C#N)S(=O)(=O)N(CCOCCOC)CCOCCOC. The fourth-order valence-electron chi connectivity index (χ4n) is 3.06. The zero-order chi connectivity index (χ0) is 25.6. The summed E-state index contributed by atoms with van der Waals surface area (Å²) in [5, 5.41) is 18.7. The summed E-state index contributed by atoms with van der Waals surface area (Å²) in [6.45, 7) is 2.41. The summed E-state index contributed by atoms with van der Waals surface area (Å²) in [5.74, 6) is 0. The minimum Gasteiger partial charge on any atom is -0.382 e. The Bertz CT molecular complexity index is 1050. The minimum atomic E-state index is -4.53. The van der Waals surface area contributed by atoms with Crippen molar-refractivity contribution < 1.29 is 35.8 Å². The maximum Gasteiger partial charge on any atom is 0.232 e. The molecular formula is C21H31N3O8S2. The Hall–Kier alpha value is -2.10. The van der Waals surface area contributed by atoms with Crippen molar-refractivity contribution in [3.63, 3.8) is 0 Å². The highest BCUT2D eigenvalue weighted by molar-refractivity contribution is 8.08. The van der Waals surface area contributed by atoms with Gasteiger partial charge in [0.25, 0.3) is 0 Å². The number of hydrogen-bond acceptors (Lipinski definition) is 10. The highest BCUT2D eigenvalue weighted by atomic mass is 32.3. The molecule has 0 aromatic heterocycles. The second kappa shape index (κ2) is 15.0. The number of sulfone groups is 1. The summed E-state index contributed by atoms with van der Waals surface area (Å²) in [4.78, 5) is -0.489. The monoisotopic (exact) mass is 517 g/mol. The van der Waals surface area contributed by atoms with Crippen LogP contribution in [0.5, 0.6) is 0 Å². The number of methoxy groups -OCH3 is 2. The predicted octanol–water partition coefficient (Wildman–Crippen LogP) is 0.898. The Morgan fingerprint density at radius 2 is 1.44 bits per heavy atom. The van der Waals surface area contributed by atoms with E-state index in [1.54, 1.807) is 12.1 Å². The second-order valence-electron chi connectivity index (χ2n) is 6.94. The molecule has 0 aliphatic heterocycles. The van der Waals surface area contributed by atoms with Gasteiger partial charge in [-0.1, -0.05) is 13.0 Å². The van der Waals surface area contributed by atoms with Crippen LogP contribution in [0.25, 0.3) is 0 Å². The molecule has 0 saturated heterocycles. The van der Waals surface area contributed by atoms with Crippen molar-refractivity contribution in [3.8, 4) is 12.1 Å². The van der Waals surface area contributed by atoms with E-state index in [0.29, 0.717) is 13.2 Å². The van der Waals surface area contributed by atoms with Crippen molar-refractivity contribution in [2.24, 2.45) is 0 Å². The number of ether oxygens (including phenoxy) is 4. The number of benzene rings is 1. The van der Waals surface area contributed by atoms with Crippen molar-refractivity contribution in [3.05, 3.63) is 29.3 Å². The first-order valence-electron chi connectivity index (χ1n) is 10.5. The van der Waals surface area contributed by atoms with Crippen molar-refractivity contribution >= 4 is 19.9 Å². The molecule has 1 aromatic rings. The first-order valence-corrected chi connectivity index (χ1v) is 13.6. The first-order chi connectivity index (χ1) is 16.2. The van der Waals surface area contributed by atoms with E-state index in [1.165, 1.54) is 33.3 Å². The molecule has 0 radical (unpaired) electrons. The van der Waals surface area contributed by atoms with Gasteiger partial charge in [-0.2, -0.15) is 14.8 Å². The zero-order valence-corrected chi connectivity index (χ0v) is 21.2. The van der Waals surface area contributed by atoms with Gasteiger partial charge in [-0.15, -0.1) is 0 Å². The van der Waals surface area contributed by atoms with Crippen molar-refractivity contribution in [2.45, 2.75) is 22.8 Å². The van der Waals surface area contributed by atoms with E-state index in [0.717, 1.165) is 10.4 Å². The number of rotatable bonds is 17. The van der Waals surface area contributed by atoms with Crippen LogP contribution in [0.2, 0.25) is 0 Å². The van der Waals surface area contributed by atoms with Crippen LogP contribution in [-0.4, -0.2) is 92.7 Å². The van der Waals surface area contributed by atoms with Crippen LogP contribution in [-0.2, 0) is 38.8 Å². The number of hydrogen-bond donors (Lipinski definition) is 0. The quantitative estimate of drug-likeness (QED) is 0.272. The maximum absolute atomic E-state index is 13.5. The fourth-order valence-corrected chi connectivity index (χ4v) is 7.86. The smallest absolute Gasteiger partial charge is 0.232 e. The van der Waals surface area contributed by atoms with Crippen LogP contribution in [0, 0.1) is 22.7 Å². The van der Waals surface area contributed by atoms with Gasteiger partial charge in [0.15, 0.2) is 14.4 Å². The van der Waals surface area contributed by atoms with Crippen LogP contribution in [0.3, 0.4) is 0 Å². The molecule has 0 aliphatic carbocycles. The zero-order valence-electron chi connectivity index (χ0n) is 19.6. The van der Waals surface area contributed by atoms with Crippen molar-refractivity contribution in [1.29, 1.82) is 10.5 Å². The lowest BCUT2D eigenvalue weighted by molar-refractivity contribution is 0.0524. The van der Waals surface area contributed by atoms with Crippen LogP contribution in [0.1, 0.15) is 24.5 Å². The van der Waals surface area contributed by atoms with Crippen LogP contribution in [0.4, 0.5) is 0 Å². The second-order valence-corrected chi connectivity index (χ2v) is 11.5. The van der Waals surface area contributed by atoms with Gasteiger partial charge >= 0.3 is 0 Å². The summed E-state index contributed by atoms with van der Waals surface area (Å²) < 4.78 is 73.6. The Balaban J connectivity index is 3.28. The van der Waals surface area contributed by atoms with Gasteiger partial charge in [-0.3, -0.25) is 0 Å². The summed E-state index contributed by atoms with van der Waals surface area (Å²) in [5.41, 5.74) is -0.526. The summed E-state index contributed by atoms with van der Waals surface area (Å²) >= 11 is 0. The van der Waals surface area contributed by atoms with Gasteiger partial charge in [0, 0.05) is 27.3 Å². The molecule has 0 bridgehead atoms. The van der Waals surface area contributed by atoms with Gasteiger partial charge in [0.05, 0.1) is 55.7 Å². The van der Waals surface area contributed by atoms with Gasteiger partial charge in [-0.25, -0.2) is 16.8 Å². The van der Waals surface area contributed by atoms with E-state index in [9.17, 15) is 27.4 Å². The largest absolute Gasteiger partial charge is 0.382 e. The summed E-state index contributed by atoms with van der Waals surface area (Å²) in [6.07, 6.45) is -0.266. The Labute approximate surface area is 201 Å². The molecule has 0 fully saturated rings. The molecule has 190 valence electrons. The minimum absolute atomic E-state index is 0.0184. The van der Waals surface area contributed by atoms with Crippen LogP contribution in [0.15, 0.2) is 23.1 Å². The van der Waals surface area contributed by atoms with E-state index in [1.807, 2.05) is 0 Å². The average Bonchev–Trinajstić information content (AvgIpc) is 2.81. The number of nitrogens with zero attached hydrogens (tertiary/aromatic N) is 3. The highest BCUT2D eigenvalue weighted by Gasteiger charge is 2.42. The van der Waals surface area contributed by atoms with Gasteiger partial charge in [-0.05, 0) is 18.6 Å². The van der Waals surface area contributed by atoms with E-state index in [4.69, 9.17) is 18.9 Å². The van der Waals surface area contributed by atoms with E-state index >= 15 is 0 Å². The average molecular weight is 518 g/mol. The Kier molecular flexibility index (Phi) is 13.2. The highest BCUT2D eigenvalue weighted by Crippen LogP contribution is 2.28. The normalized spacial score (nSPS) is 12.9. The number of nitriles is 2. The molecule has 11 nitrogen and oxygen atoms in total. The van der Waals surface area contributed by atoms with Crippen LogP contribution >= 0.6 is 0 Å². The van der Waals surface area contributed by atoms with Gasteiger partial charge in [0.2, 0.25) is 10.0 Å². The standard InChI is InChI=1S/C21H31N3O8S2/c1-4-21(33(25,26)20-7-5-6-18(16-22)19(20)17-23)34(27,28)24(8-10-31-14-12-29-2)9-11-32-15-13-30-3/h5-7,21H,4,8-15H2,1-3H3. The van der Waals surface area contributed by atoms with Crippen molar-refractivity contribution in [2.75, 3.05) is 67.0 Å². The third-order valence-electron chi connectivity index (χ3n) is 4.77. The van der Waals surface area contributed by atoms with E-state index in [2.05, 4.69) is 0 Å². The molecule has 1 rings (SSSR count). The first kappa shape index (κ1) is 29.9. The molecule has 0 heterocycles. The predicted molar refractivity (Wildman–Crippen MR) is 123 cm³/mol. The molecule has 0 amide bonds. The Morgan fingerprint density at radius 1 is 0.882 bits per heavy atom. The fraction of sp³-hybridized carbons (Fsp3) is 0.619. The molecule has 0 aliphatic rings. The van der Waals surface area contributed by atoms with E-state index < -0.39 is 29.3 Å². The maximum atomic E-state index is 13.5. The molecule has 1 atom stereocenters. The van der Waals surface area contributed by atoms with Gasteiger partial charge < -0.3 is 18.9 Å².